The molecule has 4 nitrogen and oxygen atoms in total. The van der Waals surface area contributed by atoms with Crippen LogP contribution in [0, 0.1) is 0 Å². The van der Waals surface area contributed by atoms with Crippen molar-refractivity contribution in [2.75, 3.05) is 13.2 Å². The number of halogens is 3. The van der Waals surface area contributed by atoms with Gasteiger partial charge in [0.1, 0.15) is 0 Å². The summed E-state index contributed by atoms with van der Waals surface area (Å²) in [5, 5.41) is 8.58. The van der Waals surface area contributed by atoms with E-state index in [0.717, 1.165) is 6.07 Å². The largest absolute Gasteiger partial charge is 0.490 e. The highest BCUT2D eigenvalue weighted by Crippen LogP contribution is 2.40. The van der Waals surface area contributed by atoms with Crippen molar-refractivity contribution in [2.24, 2.45) is 0 Å². The highest BCUT2D eigenvalue weighted by Gasteiger charge is 2.35. The number of carboxylic acid groups (broad SMARTS) is 1. The Bertz CT molecular complexity index is 526. The van der Waals surface area contributed by atoms with Crippen LogP contribution in [-0.2, 0) is 17.4 Å². The first-order chi connectivity index (χ1) is 9.88. The van der Waals surface area contributed by atoms with Gasteiger partial charge in [0.05, 0.1) is 18.8 Å². The van der Waals surface area contributed by atoms with Gasteiger partial charge < -0.3 is 14.6 Å². The van der Waals surface area contributed by atoms with Crippen molar-refractivity contribution < 1.29 is 32.5 Å². The number of aryl methyl sites for hydroxylation is 1. The summed E-state index contributed by atoms with van der Waals surface area (Å²) in [7, 11) is 0. The van der Waals surface area contributed by atoms with Crippen molar-refractivity contribution in [3.8, 4) is 11.5 Å². The van der Waals surface area contributed by atoms with E-state index in [0.29, 0.717) is 19.6 Å². The number of benzene rings is 1. The van der Waals surface area contributed by atoms with Crippen molar-refractivity contribution in [1.82, 2.24) is 0 Å². The third kappa shape index (κ3) is 4.03. The van der Waals surface area contributed by atoms with Crippen LogP contribution in [-0.4, -0.2) is 24.3 Å². The predicted molar refractivity (Wildman–Crippen MR) is 67.6 cm³/mol. The Morgan fingerprint density at radius 3 is 2.38 bits per heavy atom. The number of hydrogen-bond acceptors (Lipinski definition) is 3. The van der Waals surface area contributed by atoms with Crippen LogP contribution in [0.15, 0.2) is 12.1 Å². The van der Waals surface area contributed by atoms with E-state index in [9.17, 15) is 18.0 Å². The Morgan fingerprint density at radius 1 is 1.19 bits per heavy atom. The topological polar surface area (TPSA) is 55.8 Å². The van der Waals surface area contributed by atoms with E-state index in [-0.39, 0.29) is 36.3 Å². The van der Waals surface area contributed by atoms with Crippen LogP contribution in [0.1, 0.15) is 30.4 Å². The molecule has 0 unspecified atom stereocenters. The Morgan fingerprint density at radius 2 is 1.81 bits per heavy atom. The standard InChI is InChI=1S/C14H15F3O4/c15-14(16,17)10-8-12-11(20-5-2-6-21-12)7-9(10)3-1-4-13(18)19/h7-8H,1-6H2,(H,18,19). The van der Waals surface area contributed by atoms with Crippen LogP contribution in [0.3, 0.4) is 0 Å². The maximum Gasteiger partial charge on any atom is 0.416 e. The Hall–Kier alpha value is -1.92. The van der Waals surface area contributed by atoms with Crippen LogP contribution in [0.5, 0.6) is 11.5 Å². The van der Waals surface area contributed by atoms with Crippen LogP contribution in [0.25, 0.3) is 0 Å². The molecular formula is C14H15F3O4. The number of alkyl halides is 3. The number of rotatable bonds is 4. The lowest BCUT2D eigenvalue weighted by Gasteiger charge is -2.16. The van der Waals surface area contributed by atoms with Crippen molar-refractivity contribution in [2.45, 2.75) is 31.9 Å². The molecule has 0 aliphatic carbocycles. The quantitative estimate of drug-likeness (QED) is 0.927. The Labute approximate surface area is 119 Å². The minimum Gasteiger partial charge on any atom is -0.490 e. The number of fused-ring (bicyclic) bond motifs is 1. The van der Waals surface area contributed by atoms with Crippen molar-refractivity contribution >= 4 is 5.97 Å². The average molecular weight is 304 g/mol. The third-order valence-corrected chi connectivity index (χ3v) is 3.12. The zero-order chi connectivity index (χ0) is 15.5. The summed E-state index contributed by atoms with van der Waals surface area (Å²) < 4.78 is 49.9. The molecule has 0 saturated heterocycles. The molecule has 0 spiro atoms. The fraction of sp³-hybridized carbons (Fsp3) is 0.500. The summed E-state index contributed by atoms with van der Waals surface area (Å²) in [6.07, 6.45) is -3.92. The fourth-order valence-corrected chi connectivity index (χ4v) is 2.15. The van der Waals surface area contributed by atoms with Gasteiger partial charge in [0.25, 0.3) is 0 Å². The summed E-state index contributed by atoms with van der Waals surface area (Å²) in [5.41, 5.74) is -0.759. The Balaban J connectivity index is 2.31. The van der Waals surface area contributed by atoms with Gasteiger partial charge in [0.2, 0.25) is 0 Å². The van der Waals surface area contributed by atoms with Gasteiger partial charge in [-0.3, -0.25) is 4.79 Å². The van der Waals surface area contributed by atoms with Crippen LogP contribution >= 0.6 is 0 Å². The lowest BCUT2D eigenvalue weighted by atomic mass is 10.0. The number of ether oxygens (including phenoxy) is 2. The molecule has 0 amide bonds. The summed E-state index contributed by atoms with van der Waals surface area (Å²) in [5.74, 6) is -0.662. The van der Waals surface area contributed by atoms with E-state index in [1.807, 2.05) is 0 Å². The summed E-state index contributed by atoms with van der Waals surface area (Å²) in [6.45, 7) is 0.690. The van der Waals surface area contributed by atoms with E-state index in [1.165, 1.54) is 6.07 Å². The van der Waals surface area contributed by atoms with Gasteiger partial charge >= 0.3 is 12.1 Å². The highest BCUT2D eigenvalue weighted by atomic mass is 19.4. The molecule has 1 heterocycles. The zero-order valence-electron chi connectivity index (χ0n) is 11.2. The normalized spacial score (nSPS) is 14.6. The molecule has 2 rings (SSSR count). The number of hydrogen-bond donors (Lipinski definition) is 1. The van der Waals surface area contributed by atoms with Gasteiger partial charge in [-0.05, 0) is 30.5 Å². The van der Waals surface area contributed by atoms with E-state index in [1.54, 1.807) is 0 Å². The lowest BCUT2D eigenvalue weighted by Crippen LogP contribution is -2.11. The molecule has 21 heavy (non-hydrogen) atoms. The average Bonchev–Trinajstić information content (AvgIpc) is 2.60. The maximum absolute atomic E-state index is 13.1. The SMILES string of the molecule is O=C(O)CCCc1cc2c(cc1C(F)(F)F)OCCCO2. The third-order valence-electron chi connectivity index (χ3n) is 3.12. The van der Waals surface area contributed by atoms with Crippen molar-refractivity contribution in [3.05, 3.63) is 23.3 Å². The first-order valence-electron chi connectivity index (χ1n) is 6.59. The van der Waals surface area contributed by atoms with Gasteiger partial charge in [-0.25, -0.2) is 0 Å². The number of aliphatic carboxylic acids is 1. The van der Waals surface area contributed by atoms with Gasteiger partial charge in [-0.1, -0.05) is 0 Å². The summed E-state index contributed by atoms with van der Waals surface area (Å²) in [4.78, 5) is 10.5. The molecule has 1 aliphatic rings. The fourth-order valence-electron chi connectivity index (χ4n) is 2.15. The minimum atomic E-state index is -4.51. The second-order valence-electron chi connectivity index (χ2n) is 4.75. The Kier molecular flexibility index (Phi) is 4.59. The van der Waals surface area contributed by atoms with Crippen LogP contribution in [0.2, 0.25) is 0 Å². The second-order valence-corrected chi connectivity index (χ2v) is 4.75. The highest BCUT2D eigenvalue weighted by molar-refractivity contribution is 5.66. The first-order valence-corrected chi connectivity index (χ1v) is 6.59. The molecule has 0 fully saturated rings. The molecule has 1 N–H and O–H groups in total. The molecule has 0 atom stereocenters. The lowest BCUT2D eigenvalue weighted by molar-refractivity contribution is -0.138. The molecule has 0 bridgehead atoms. The number of carbonyl (C=O) groups is 1. The molecule has 116 valence electrons. The van der Waals surface area contributed by atoms with Crippen molar-refractivity contribution in [3.63, 3.8) is 0 Å². The molecule has 7 heteroatoms. The predicted octanol–water partition coefficient (Wildman–Crippen LogP) is 3.27. The van der Waals surface area contributed by atoms with E-state index in [2.05, 4.69) is 0 Å². The molecule has 1 aromatic carbocycles. The molecular weight excluding hydrogens is 289 g/mol. The van der Waals surface area contributed by atoms with Crippen LogP contribution < -0.4 is 9.47 Å². The van der Waals surface area contributed by atoms with Gasteiger partial charge in [-0.15, -0.1) is 0 Å². The summed E-state index contributed by atoms with van der Waals surface area (Å²) >= 11 is 0. The summed E-state index contributed by atoms with van der Waals surface area (Å²) in [6, 6.07) is 2.25. The monoisotopic (exact) mass is 304 g/mol. The minimum absolute atomic E-state index is 0.0256. The molecule has 1 aromatic rings. The van der Waals surface area contributed by atoms with Gasteiger partial charge in [-0.2, -0.15) is 13.2 Å². The smallest absolute Gasteiger partial charge is 0.416 e. The van der Waals surface area contributed by atoms with Crippen LogP contribution in [0.4, 0.5) is 13.2 Å². The molecule has 0 aromatic heterocycles. The molecule has 1 aliphatic heterocycles. The molecule has 0 radical (unpaired) electrons. The number of carboxylic acids is 1. The van der Waals surface area contributed by atoms with E-state index in [4.69, 9.17) is 14.6 Å². The van der Waals surface area contributed by atoms with Gasteiger partial charge in [0, 0.05) is 12.8 Å². The van der Waals surface area contributed by atoms with E-state index < -0.39 is 17.7 Å². The first kappa shape index (κ1) is 15.5. The zero-order valence-corrected chi connectivity index (χ0v) is 11.2. The van der Waals surface area contributed by atoms with Gasteiger partial charge in [0.15, 0.2) is 11.5 Å². The second kappa shape index (κ2) is 6.24. The van der Waals surface area contributed by atoms with E-state index >= 15 is 0 Å². The van der Waals surface area contributed by atoms with Crippen molar-refractivity contribution in [1.29, 1.82) is 0 Å². The maximum atomic E-state index is 13.1. The molecule has 0 saturated carbocycles.